The molecule has 1 amide bonds. The van der Waals surface area contributed by atoms with Gasteiger partial charge in [-0.1, -0.05) is 16.8 Å². The van der Waals surface area contributed by atoms with Crippen molar-refractivity contribution in [2.75, 3.05) is 5.32 Å². The third kappa shape index (κ3) is 2.62. The molecule has 0 saturated heterocycles. The van der Waals surface area contributed by atoms with Crippen molar-refractivity contribution in [3.05, 3.63) is 46.6 Å². The Labute approximate surface area is 101 Å². The van der Waals surface area contributed by atoms with Crippen LogP contribution in [0.5, 0.6) is 0 Å². The second kappa shape index (κ2) is 4.55. The predicted octanol–water partition coefficient (Wildman–Crippen LogP) is 3.03. The van der Waals surface area contributed by atoms with Gasteiger partial charge in [-0.25, -0.2) is 4.39 Å². The Morgan fingerprint density at radius 3 is 2.82 bits per heavy atom. The summed E-state index contributed by atoms with van der Waals surface area (Å²) in [6, 6.07) is 5.48. The standard InChI is InChI=1S/C11H8ClFN2O2/c1-6-4-10(15-17-6)11(16)14-7-2-3-8(12)9(13)5-7/h2-5H,1H3,(H,14,16). The van der Waals surface area contributed by atoms with E-state index in [-0.39, 0.29) is 10.7 Å². The van der Waals surface area contributed by atoms with Gasteiger partial charge in [-0.15, -0.1) is 0 Å². The maximum absolute atomic E-state index is 13.1. The Bertz CT molecular complexity index is 568. The first-order valence-electron chi connectivity index (χ1n) is 4.76. The zero-order chi connectivity index (χ0) is 12.4. The number of aryl methyl sites for hydroxylation is 1. The fraction of sp³-hybridized carbons (Fsp3) is 0.0909. The number of hydrogen-bond donors (Lipinski definition) is 1. The Hall–Kier alpha value is -1.88. The second-order valence-electron chi connectivity index (χ2n) is 3.41. The molecule has 2 aromatic rings. The molecule has 0 spiro atoms. The van der Waals surface area contributed by atoms with E-state index in [1.54, 1.807) is 6.92 Å². The van der Waals surface area contributed by atoms with Gasteiger partial charge in [-0.3, -0.25) is 4.79 Å². The summed E-state index contributed by atoms with van der Waals surface area (Å²) in [7, 11) is 0. The van der Waals surface area contributed by atoms with Crippen molar-refractivity contribution in [1.29, 1.82) is 0 Å². The number of carbonyl (C=O) groups is 1. The van der Waals surface area contributed by atoms with Crippen LogP contribution >= 0.6 is 11.6 Å². The van der Waals surface area contributed by atoms with Crippen molar-refractivity contribution in [3.8, 4) is 0 Å². The van der Waals surface area contributed by atoms with E-state index in [9.17, 15) is 9.18 Å². The van der Waals surface area contributed by atoms with Gasteiger partial charge in [0.25, 0.3) is 5.91 Å². The Balaban J connectivity index is 2.15. The van der Waals surface area contributed by atoms with E-state index in [1.807, 2.05) is 0 Å². The molecule has 0 bridgehead atoms. The van der Waals surface area contributed by atoms with E-state index in [4.69, 9.17) is 16.1 Å². The first-order chi connectivity index (χ1) is 8.06. The number of amides is 1. The number of benzene rings is 1. The molecule has 4 nitrogen and oxygen atoms in total. The average Bonchev–Trinajstić information content (AvgIpc) is 2.70. The average molecular weight is 255 g/mol. The summed E-state index contributed by atoms with van der Waals surface area (Å²) in [4.78, 5) is 11.6. The molecule has 1 aromatic carbocycles. The normalized spacial score (nSPS) is 10.3. The van der Waals surface area contributed by atoms with Crippen LogP contribution in [0.4, 0.5) is 10.1 Å². The molecule has 2 rings (SSSR count). The summed E-state index contributed by atoms with van der Waals surface area (Å²) in [6.45, 7) is 1.67. The van der Waals surface area contributed by atoms with Crippen LogP contribution in [0.1, 0.15) is 16.2 Å². The second-order valence-corrected chi connectivity index (χ2v) is 3.81. The van der Waals surface area contributed by atoms with Gasteiger partial charge < -0.3 is 9.84 Å². The third-order valence-electron chi connectivity index (χ3n) is 2.04. The van der Waals surface area contributed by atoms with Crippen LogP contribution in [0.3, 0.4) is 0 Å². The van der Waals surface area contributed by atoms with Gasteiger partial charge in [0.2, 0.25) is 0 Å². The lowest BCUT2D eigenvalue weighted by atomic mass is 10.3. The Morgan fingerprint density at radius 2 is 2.24 bits per heavy atom. The van der Waals surface area contributed by atoms with Gasteiger partial charge in [0.05, 0.1) is 5.02 Å². The van der Waals surface area contributed by atoms with Crippen LogP contribution in [0.2, 0.25) is 5.02 Å². The molecule has 0 atom stereocenters. The fourth-order valence-corrected chi connectivity index (χ4v) is 1.36. The minimum Gasteiger partial charge on any atom is -0.361 e. The number of aromatic nitrogens is 1. The molecule has 0 unspecified atom stereocenters. The van der Waals surface area contributed by atoms with Crippen LogP contribution in [-0.4, -0.2) is 11.1 Å². The molecule has 6 heteroatoms. The number of nitrogens with one attached hydrogen (secondary N) is 1. The van der Waals surface area contributed by atoms with Gasteiger partial charge in [-0.05, 0) is 25.1 Å². The van der Waals surface area contributed by atoms with Crippen molar-refractivity contribution in [2.45, 2.75) is 6.92 Å². The number of nitrogens with zero attached hydrogens (tertiary/aromatic N) is 1. The van der Waals surface area contributed by atoms with E-state index < -0.39 is 11.7 Å². The van der Waals surface area contributed by atoms with E-state index in [0.29, 0.717) is 11.4 Å². The molecule has 0 aliphatic carbocycles. The van der Waals surface area contributed by atoms with Crippen molar-refractivity contribution >= 4 is 23.2 Å². The van der Waals surface area contributed by atoms with Crippen molar-refractivity contribution < 1.29 is 13.7 Å². The highest BCUT2D eigenvalue weighted by Gasteiger charge is 2.11. The van der Waals surface area contributed by atoms with Gasteiger partial charge in [-0.2, -0.15) is 0 Å². The number of rotatable bonds is 2. The molecule has 0 aliphatic heterocycles. The lowest BCUT2D eigenvalue weighted by Crippen LogP contribution is -2.12. The molecular weight excluding hydrogens is 247 g/mol. The third-order valence-corrected chi connectivity index (χ3v) is 2.34. The van der Waals surface area contributed by atoms with E-state index >= 15 is 0 Å². The maximum Gasteiger partial charge on any atom is 0.277 e. The topological polar surface area (TPSA) is 55.1 Å². The molecule has 0 radical (unpaired) electrons. The summed E-state index contributed by atoms with van der Waals surface area (Å²) < 4.78 is 17.9. The zero-order valence-electron chi connectivity index (χ0n) is 8.83. The van der Waals surface area contributed by atoms with Gasteiger partial charge >= 0.3 is 0 Å². The summed E-state index contributed by atoms with van der Waals surface area (Å²) in [6.07, 6.45) is 0. The van der Waals surface area contributed by atoms with Crippen LogP contribution in [0, 0.1) is 12.7 Å². The largest absolute Gasteiger partial charge is 0.361 e. The van der Waals surface area contributed by atoms with E-state index in [0.717, 1.165) is 6.07 Å². The molecule has 88 valence electrons. The molecule has 0 aliphatic rings. The SMILES string of the molecule is Cc1cc(C(=O)Nc2ccc(Cl)c(F)c2)no1. The highest BCUT2D eigenvalue weighted by molar-refractivity contribution is 6.30. The van der Waals surface area contributed by atoms with Gasteiger partial charge in [0.1, 0.15) is 11.6 Å². The minimum atomic E-state index is -0.596. The molecule has 1 N–H and O–H groups in total. The van der Waals surface area contributed by atoms with Crippen molar-refractivity contribution in [2.24, 2.45) is 0 Å². The van der Waals surface area contributed by atoms with Crippen LogP contribution in [0.25, 0.3) is 0 Å². The minimum absolute atomic E-state index is 0.000259. The molecule has 0 saturated carbocycles. The highest BCUT2D eigenvalue weighted by Crippen LogP contribution is 2.19. The first kappa shape index (κ1) is 11.6. The summed E-state index contributed by atoms with van der Waals surface area (Å²) in [5.74, 6) is -0.540. The highest BCUT2D eigenvalue weighted by atomic mass is 35.5. The summed E-state index contributed by atoms with van der Waals surface area (Å²) >= 11 is 5.52. The molecule has 1 aromatic heterocycles. The van der Waals surface area contributed by atoms with Crippen LogP contribution < -0.4 is 5.32 Å². The predicted molar refractivity (Wildman–Crippen MR) is 60.6 cm³/mol. The van der Waals surface area contributed by atoms with Crippen LogP contribution in [-0.2, 0) is 0 Å². The fourth-order valence-electron chi connectivity index (χ4n) is 1.24. The molecular formula is C11H8ClFN2O2. The van der Waals surface area contributed by atoms with Gasteiger partial charge in [0, 0.05) is 11.8 Å². The van der Waals surface area contributed by atoms with Crippen LogP contribution in [0.15, 0.2) is 28.8 Å². The molecule has 1 heterocycles. The number of hydrogen-bond acceptors (Lipinski definition) is 3. The summed E-state index contributed by atoms with van der Waals surface area (Å²) in [5.41, 5.74) is 0.440. The number of carbonyl (C=O) groups excluding carboxylic acids is 1. The monoisotopic (exact) mass is 254 g/mol. The first-order valence-corrected chi connectivity index (χ1v) is 5.14. The number of anilines is 1. The van der Waals surface area contributed by atoms with Gasteiger partial charge in [0.15, 0.2) is 5.69 Å². The Morgan fingerprint density at radius 1 is 1.47 bits per heavy atom. The molecule has 0 fully saturated rings. The molecule has 17 heavy (non-hydrogen) atoms. The Kier molecular flexibility index (Phi) is 3.10. The lowest BCUT2D eigenvalue weighted by molar-refractivity contribution is 0.101. The maximum atomic E-state index is 13.1. The quantitative estimate of drug-likeness (QED) is 0.896. The number of halogens is 2. The van der Waals surface area contributed by atoms with Crippen molar-refractivity contribution in [1.82, 2.24) is 5.16 Å². The van der Waals surface area contributed by atoms with Crippen molar-refractivity contribution in [3.63, 3.8) is 0 Å². The summed E-state index contributed by atoms with van der Waals surface area (Å²) in [5, 5.41) is 6.02. The smallest absolute Gasteiger partial charge is 0.277 e. The van der Waals surface area contributed by atoms with E-state index in [2.05, 4.69) is 10.5 Å². The van der Waals surface area contributed by atoms with E-state index in [1.165, 1.54) is 18.2 Å². The zero-order valence-corrected chi connectivity index (χ0v) is 9.58. The lowest BCUT2D eigenvalue weighted by Gasteiger charge is -2.03.